The van der Waals surface area contributed by atoms with Crippen LogP contribution in [0.15, 0.2) is 76.2 Å². The zero-order chi connectivity index (χ0) is 21.8. The minimum Gasteiger partial charge on any atom is -0.497 e. The molecule has 0 fully saturated rings. The largest absolute Gasteiger partial charge is 0.497 e. The van der Waals surface area contributed by atoms with E-state index >= 15 is 0 Å². The molecule has 0 radical (unpaired) electrons. The molecule has 0 amide bonds. The Morgan fingerprint density at radius 3 is 2.03 bits per heavy atom. The lowest BCUT2D eigenvalue weighted by Crippen LogP contribution is -2.30. The van der Waals surface area contributed by atoms with Gasteiger partial charge in [0.25, 0.3) is 0 Å². The molecule has 1 aromatic heterocycles. The minimum atomic E-state index is -3.85. The van der Waals surface area contributed by atoms with Crippen molar-refractivity contribution in [2.45, 2.75) is 18.0 Å². The van der Waals surface area contributed by atoms with Crippen molar-refractivity contribution in [3.8, 4) is 11.5 Å². The second-order valence-corrected chi connectivity index (χ2v) is 9.97. The van der Waals surface area contributed by atoms with Gasteiger partial charge in [-0.3, -0.25) is 0 Å². The van der Waals surface area contributed by atoms with E-state index in [0.717, 1.165) is 6.26 Å². The molecule has 0 saturated heterocycles. The Morgan fingerprint density at radius 2 is 1.50 bits per heavy atom. The first-order valence-electron chi connectivity index (χ1n) is 8.82. The van der Waals surface area contributed by atoms with Gasteiger partial charge in [-0.15, -0.1) is 0 Å². The molecule has 8 nitrogen and oxygen atoms in total. The number of sulfonamides is 1. The van der Waals surface area contributed by atoms with Crippen LogP contribution in [0.1, 0.15) is 11.3 Å². The molecule has 2 aromatic carbocycles. The van der Waals surface area contributed by atoms with E-state index in [1.54, 1.807) is 36.4 Å². The molecule has 0 aliphatic heterocycles. The molecule has 3 aromatic rings. The highest BCUT2D eigenvalue weighted by Crippen LogP contribution is 2.24. The molecule has 30 heavy (non-hydrogen) atoms. The number of hydrogen-bond acceptors (Lipinski definition) is 7. The Hall–Kier alpha value is -2.82. The normalized spacial score (nSPS) is 12.1. The molecule has 1 heterocycles. The van der Waals surface area contributed by atoms with Gasteiger partial charge in [-0.2, -0.15) is 12.7 Å². The van der Waals surface area contributed by atoms with Gasteiger partial charge in [-0.25, -0.2) is 8.42 Å². The third-order valence-electron chi connectivity index (χ3n) is 4.14. The third kappa shape index (κ3) is 5.62. The average Bonchev–Trinajstić information content (AvgIpc) is 3.21. The maximum Gasteiger partial charge on any atom is 0.306 e. The molecular weight excluding hydrogens is 430 g/mol. The van der Waals surface area contributed by atoms with Crippen molar-refractivity contribution in [1.82, 2.24) is 4.31 Å². The van der Waals surface area contributed by atoms with Crippen LogP contribution in [0.4, 0.5) is 0 Å². The van der Waals surface area contributed by atoms with E-state index < -0.39 is 20.1 Å². The predicted octanol–water partition coefficient (Wildman–Crippen LogP) is 3.02. The van der Waals surface area contributed by atoms with Crippen molar-refractivity contribution in [2.24, 2.45) is 0 Å². The summed E-state index contributed by atoms with van der Waals surface area (Å²) in [6.45, 7) is 0.0805. The molecule has 0 unspecified atom stereocenters. The van der Waals surface area contributed by atoms with Gasteiger partial charge < -0.3 is 13.3 Å². The van der Waals surface area contributed by atoms with Crippen LogP contribution in [0, 0.1) is 0 Å². The van der Waals surface area contributed by atoms with E-state index in [4.69, 9.17) is 13.3 Å². The Kier molecular flexibility index (Phi) is 6.49. The van der Waals surface area contributed by atoms with E-state index in [1.807, 2.05) is 0 Å². The summed E-state index contributed by atoms with van der Waals surface area (Å²) < 4.78 is 65.5. The third-order valence-corrected chi connectivity index (χ3v) is 6.44. The number of hydrogen-bond donors (Lipinski definition) is 0. The van der Waals surface area contributed by atoms with Gasteiger partial charge in [0.1, 0.15) is 17.3 Å². The van der Waals surface area contributed by atoms with Crippen molar-refractivity contribution in [1.29, 1.82) is 0 Å². The van der Waals surface area contributed by atoms with Gasteiger partial charge in [0.15, 0.2) is 0 Å². The first-order chi connectivity index (χ1) is 14.2. The molecule has 0 N–H and O–H groups in total. The van der Waals surface area contributed by atoms with E-state index in [0.29, 0.717) is 17.1 Å². The standard InChI is InChI=1S/C20H21NO7S2/c1-26-17-9-11-20(12-10-17)30(24,25)21(15-19-4-3-13-27-19)14-16-5-7-18(8-6-16)28-29(2,22)23/h3-13H,14-15H2,1-2H3. The molecule has 0 atom stereocenters. The van der Waals surface area contributed by atoms with Crippen molar-refractivity contribution in [3.05, 3.63) is 78.3 Å². The number of rotatable bonds is 9. The molecule has 160 valence electrons. The molecule has 0 spiro atoms. The topological polar surface area (TPSA) is 103 Å². The van der Waals surface area contributed by atoms with Crippen LogP contribution in [0.25, 0.3) is 0 Å². The van der Waals surface area contributed by atoms with E-state index in [-0.39, 0.29) is 23.7 Å². The fourth-order valence-corrected chi connectivity index (χ4v) is 4.58. The highest BCUT2D eigenvalue weighted by atomic mass is 32.2. The maximum atomic E-state index is 13.3. The minimum absolute atomic E-state index is 0.0307. The zero-order valence-electron chi connectivity index (χ0n) is 16.4. The summed E-state index contributed by atoms with van der Waals surface area (Å²) in [6.07, 6.45) is 2.43. The van der Waals surface area contributed by atoms with Crippen LogP contribution in [-0.4, -0.2) is 34.5 Å². The van der Waals surface area contributed by atoms with Gasteiger partial charge in [-0.05, 0) is 54.1 Å². The second kappa shape index (κ2) is 8.90. The first kappa shape index (κ1) is 21.9. The lowest BCUT2D eigenvalue weighted by atomic mass is 10.2. The summed E-state index contributed by atoms with van der Waals surface area (Å²) in [5, 5.41) is 0. The van der Waals surface area contributed by atoms with Gasteiger partial charge in [-0.1, -0.05) is 12.1 Å². The summed E-state index contributed by atoms with van der Waals surface area (Å²) >= 11 is 0. The lowest BCUT2D eigenvalue weighted by molar-refractivity contribution is 0.358. The number of nitrogens with zero attached hydrogens (tertiary/aromatic N) is 1. The highest BCUT2D eigenvalue weighted by Gasteiger charge is 2.26. The molecule has 0 aliphatic rings. The number of benzene rings is 2. The Morgan fingerprint density at radius 1 is 0.867 bits per heavy atom. The first-order valence-corrected chi connectivity index (χ1v) is 12.1. The summed E-state index contributed by atoms with van der Waals surface area (Å²) in [4.78, 5) is 0.117. The van der Waals surface area contributed by atoms with Gasteiger partial charge in [0, 0.05) is 6.54 Å². The number of methoxy groups -OCH3 is 1. The van der Waals surface area contributed by atoms with Crippen molar-refractivity contribution < 1.29 is 30.2 Å². The van der Waals surface area contributed by atoms with Gasteiger partial charge in [0.05, 0.1) is 31.1 Å². The molecular formula is C20H21NO7S2. The molecule has 0 bridgehead atoms. The van der Waals surface area contributed by atoms with Crippen LogP contribution in [0.2, 0.25) is 0 Å². The monoisotopic (exact) mass is 451 g/mol. The lowest BCUT2D eigenvalue weighted by Gasteiger charge is -2.21. The second-order valence-electron chi connectivity index (χ2n) is 6.46. The summed E-state index contributed by atoms with van der Waals surface area (Å²) in [5.74, 6) is 1.19. The van der Waals surface area contributed by atoms with Gasteiger partial charge in [0.2, 0.25) is 10.0 Å². The molecule has 3 rings (SSSR count). The summed E-state index contributed by atoms with van der Waals surface area (Å²) in [6, 6.07) is 15.7. The Labute approximate surface area is 175 Å². The van der Waals surface area contributed by atoms with Crippen LogP contribution >= 0.6 is 0 Å². The van der Waals surface area contributed by atoms with Crippen LogP contribution in [0.5, 0.6) is 11.5 Å². The number of ether oxygens (including phenoxy) is 1. The summed E-state index contributed by atoms with van der Waals surface area (Å²) in [7, 11) is -5.99. The summed E-state index contributed by atoms with van der Waals surface area (Å²) in [5.41, 5.74) is 0.652. The van der Waals surface area contributed by atoms with E-state index in [1.165, 1.54) is 41.9 Å². The van der Waals surface area contributed by atoms with E-state index in [9.17, 15) is 16.8 Å². The van der Waals surface area contributed by atoms with Crippen molar-refractivity contribution in [3.63, 3.8) is 0 Å². The molecule has 10 heteroatoms. The molecule has 0 aliphatic carbocycles. The Balaban J connectivity index is 1.88. The smallest absolute Gasteiger partial charge is 0.306 e. The van der Waals surface area contributed by atoms with E-state index in [2.05, 4.69) is 0 Å². The molecule has 0 saturated carbocycles. The van der Waals surface area contributed by atoms with Crippen molar-refractivity contribution in [2.75, 3.05) is 13.4 Å². The predicted molar refractivity (Wildman–Crippen MR) is 110 cm³/mol. The van der Waals surface area contributed by atoms with Crippen LogP contribution in [-0.2, 0) is 33.2 Å². The SMILES string of the molecule is COc1ccc(S(=O)(=O)N(Cc2ccc(OS(C)(=O)=O)cc2)Cc2ccco2)cc1. The highest BCUT2D eigenvalue weighted by molar-refractivity contribution is 7.89. The maximum absolute atomic E-state index is 13.3. The average molecular weight is 452 g/mol. The van der Waals surface area contributed by atoms with Crippen molar-refractivity contribution >= 4 is 20.1 Å². The number of furan rings is 1. The fraction of sp³-hybridized carbons (Fsp3) is 0.200. The van der Waals surface area contributed by atoms with Crippen LogP contribution < -0.4 is 8.92 Å². The quantitative estimate of drug-likeness (QED) is 0.461. The Bertz CT molecular complexity index is 1170. The fourth-order valence-electron chi connectivity index (χ4n) is 2.73. The van der Waals surface area contributed by atoms with Gasteiger partial charge >= 0.3 is 10.1 Å². The zero-order valence-corrected chi connectivity index (χ0v) is 18.0. The van der Waals surface area contributed by atoms with Crippen LogP contribution in [0.3, 0.4) is 0 Å².